The third-order valence-electron chi connectivity index (χ3n) is 3.54. The molecular weight excluding hydrogens is 324 g/mol. The van der Waals surface area contributed by atoms with Gasteiger partial charge in [0.25, 0.3) is 10.2 Å². The lowest BCUT2D eigenvalue weighted by Gasteiger charge is -2.44. The quantitative estimate of drug-likeness (QED) is 0.912. The molecule has 0 spiro atoms. The van der Waals surface area contributed by atoms with Crippen LogP contribution in [0.1, 0.15) is 39.4 Å². The van der Waals surface area contributed by atoms with Gasteiger partial charge in [-0.15, -0.1) is 0 Å². The minimum absolute atomic E-state index is 0.159. The Morgan fingerprint density at radius 2 is 2.09 bits per heavy atom. The summed E-state index contributed by atoms with van der Waals surface area (Å²) in [7, 11) is -3.57. The van der Waals surface area contributed by atoms with Gasteiger partial charge in [-0.2, -0.15) is 17.4 Å². The maximum atomic E-state index is 12.6. The van der Waals surface area contributed by atoms with E-state index in [4.69, 9.17) is 16.3 Å². The van der Waals surface area contributed by atoms with E-state index in [9.17, 15) is 8.42 Å². The standard InChI is InChI=1S/C15H23ClN2O3S/c1-11(2)17-22(19,20)18-9-14(21-10-15(18,3)4)12-6-5-7-13(16)8-12/h5-8,11,14,17H,9-10H2,1-4H3. The summed E-state index contributed by atoms with van der Waals surface area (Å²) in [5.74, 6) is 0. The van der Waals surface area contributed by atoms with E-state index < -0.39 is 15.7 Å². The van der Waals surface area contributed by atoms with Gasteiger partial charge in [0, 0.05) is 17.6 Å². The predicted octanol–water partition coefficient (Wildman–Crippen LogP) is 2.73. The first kappa shape index (κ1) is 17.7. The van der Waals surface area contributed by atoms with Gasteiger partial charge in [0.15, 0.2) is 0 Å². The number of morpholine rings is 1. The van der Waals surface area contributed by atoms with E-state index in [1.54, 1.807) is 19.9 Å². The summed E-state index contributed by atoms with van der Waals surface area (Å²) in [6, 6.07) is 7.17. The van der Waals surface area contributed by atoms with Crippen LogP contribution in [-0.2, 0) is 14.9 Å². The van der Waals surface area contributed by atoms with Crippen LogP contribution in [0.15, 0.2) is 24.3 Å². The van der Waals surface area contributed by atoms with Crippen LogP contribution in [0.2, 0.25) is 5.02 Å². The zero-order valence-corrected chi connectivity index (χ0v) is 14.9. The van der Waals surface area contributed by atoms with E-state index in [1.807, 2.05) is 32.0 Å². The number of ether oxygens (including phenoxy) is 1. The lowest BCUT2D eigenvalue weighted by molar-refractivity contribution is -0.0660. The molecule has 0 radical (unpaired) electrons. The summed E-state index contributed by atoms with van der Waals surface area (Å²) < 4.78 is 35.2. The Morgan fingerprint density at radius 1 is 1.41 bits per heavy atom. The van der Waals surface area contributed by atoms with Gasteiger partial charge >= 0.3 is 0 Å². The average molecular weight is 347 g/mol. The fourth-order valence-electron chi connectivity index (χ4n) is 2.52. The van der Waals surface area contributed by atoms with Crippen LogP contribution in [0.5, 0.6) is 0 Å². The van der Waals surface area contributed by atoms with Gasteiger partial charge in [0.05, 0.1) is 18.2 Å². The van der Waals surface area contributed by atoms with Crippen LogP contribution in [0, 0.1) is 0 Å². The van der Waals surface area contributed by atoms with Gasteiger partial charge in [-0.3, -0.25) is 0 Å². The van der Waals surface area contributed by atoms with Gasteiger partial charge in [-0.25, -0.2) is 0 Å². The van der Waals surface area contributed by atoms with Crippen molar-refractivity contribution in [3.8, 4) is 0 Å². The highest BCUT2D eigenvalue weighted by atomic mass is 35.5. The Bertz CT molecular complexity index is 631. The third kappa shape index (κ3) is 4.00. The molecule has 1 aromatic carbocycles. The van der Waals surface area contributed by atoms with E-state index in [0.29, 0.717) is 11.6 Å². The molecule has 1 saturated heterocycles. The molecule has 1 N–H and O–H groups in total. The Kier molecular flexibility index (Phi) is 5.19. The molecule has 0 aliphatic carbocycles. The van der Waals surface area contributed by atoms with E-state index >= 15 is 0 Å². The van der Waals surface area contributed by atoms with Crippen molar-refractivity contribution in [1.29, 1.82) is 0 Å². The van der Waals surface area contributed by atoms with Crippen molar-refractivity contribution in [2.45, 2.75) is 45.4 Å². The molecule has 1 fully saturated rings. The summed E-state index contributed by atoms with van der Waals surface area (Å²) in [6.45, 7) is 7.92. The van der Waals surface area contributed by atoms with Crippen molar-refractivity contribution in [3.05, 3.63) is 34.9 Å². The molecule has 0 bridgehead atoms. The molecule has 0 amide bonds. The first-order chi connectivity index (χ1) is 10.1. The third-order valence-corrected chi connectivity index (χ3v) is 5.77. The van der Waals surface area contributed by atoms with Crippen LogP contribution < -0.4 is 4.72 Å². The van der Waals surface area contributed by atoms with Gasteiger partial charge in [0.2, 0.25) is 0 Å². The number of nitrogens with zero attached hydrogens (tertiary/aromatic N) is 1. The van der Waals surface area contributed by atoms with Gasteiger partial charge in [0.1, 0.15) is 0 Å². The summed E-state index contributed by atoms with van der Waals surface area (Å²) in [5.41, 5.74) is 0.281. The van der Waals surface area contributed by atoms with E-state index in [1.165, 1.54) is 4.31 Å². The van der Waals surface area contributed by atoms with E-state index in [-0.39, 0.29) is 18.7 Å². The summed E-state index contributed by atoms with van der Waals surface area (Å²) in [6.07, 6.45) is -0.324. The first-order valence-electron chi connectivity index (χ1n) is 7.29. The minimum atomic E-state index is -3.57. The predicted molar refractivity (Wildman–Crippen MR) is 88.1 cm³/mol. The highest BCUT2D eigenvalue weighted by Crippen LogP contribution is 2.32. The second-order valence-electron chi connectivity index (χ2n) is 6.48. The molecule has 0 saturated carbocycles. The van der Waals surface area contributed by atoms with Crippen molar-refractivity contribution in [2.24, 2.45) is 0 Å². The Hall–Kier alpha value is -0.660. The number of nitrogens with one attached hydrogen (secondary N) is 1. The Morgan fingerprint density at radius 3 is 2.68 bits per heavy atom. The summed E-state index contributed by atoms with van der Waals surface area (Å²) in [5, 5.41) is 0.612. The monoisotopic (exact) mass is 346 g/mol. The maximum Gasteiger partial charge on any atom is 0.280 e. The molecule has 124 valence electrons. The lowest BCUT2D eigenvalue weighted by Crippen LogP contribution is -2.59. The number of rotatable bonds is 4. The second kappa shape index (κ2) is 6.45. The number of hydrogen-bond acceptors (Lipinski definition) is 3. The van der Waals surface area contributed by atoms with E-state index in [0.717, 1.165) is 5.56 Å². The van der Waals surface area contributed by atoms with Crippen molar-refractivity contribution >= 4 is 21.8 Å². The maximum absolute atomic E-state index is 12.6. The van der Waals surface area contributed by atoms with E-state index in [2.05, 4.69) is 4.72 Å². The average Bonchev–Trinajstić information content (AvgIpc) is 2.36. The number of benzene rings is 1. The molecule has 5 nitrogen and oxygen atoms in total. The van der Waals surface area contributed by atoms with Crippen LogP contribution >= 0.6 is 11.6 Å². The molecule has 1 heterocycles. The second-order valence-corrected chi connectivity index (χ2v) is 8.54. The number of halogens is 1. The fraction of sp³-hybridized carbons (Fsp3) is 0.600. The van der Waals surface area contributed by atoms with Gasteiger partial charge in [-0.1, -0.05) is 23.7 Å². The fourth-order valence-corrected chi connectivity index (χ4v) is 4.48. The van der Waals surface area contributed by atoms with Gasteiger partial charge in [-0.05, 0) is 45.4 Å². The zero-order valence-electron chi connectivity index (χ0n) is 13.3. The minimum Gasteiger partial charge on any atom is -0.370 e. The van der Waals surface area contributed by atoms with Crippen LogP contribution in [-0.4, -0.2) is 37.5 Å². The van der Waals surface area contributed by atoms with Crippen molar-refractivity contribution in [1.82, 2.24) is 9.03 Å². The highest BCUT2D eigenvalue weighted by Gasteiger charge is 2.42. The van der Waals surface area contributed by atoms with Crippen LogP contribution in [0.25, 0.3) is 0 Å². The smallest absolute Gasteiger partial charge is 0.280 e. The normalized spacial score (nSPS) is 22.9. The molecule has 7 heteroatoms. The molecule has 1 aliphatic heterocycles. The van der Waals surface area contributed by atoms with Crippen LogP contribution in [0.4, 0.5) is 0 Å². The van der Waals surface area contributed by atoms with Crippen molar-refractivity contribution in [2.75, 3.05) is 13.2 Å². The van der Waals surface area contributed by atoms with Gasteiger partial charge < -0.3 is 4.74 Å². The SMILES string of the molecule is CC(C)NS(=O)(=O)N1CC(c2cccc(Cl)c2)OCC1(C)C. The molecule has 1 unspecified atom stereocenters. The zero-order chi connectivity index (χ0) is 16.5. The topological polar surface area (TPSA) is 58.6 Å². The molecular formula is C15H23ClN2O3S. The molecule has 2 rings (SSSR count). The van der Waals surface area contributed by atoms with Crippen molar-refractivity contribution < 1.29 is 13.2 Å². The lowest BCUT2D eigenvalue weighted by atomic mass is 10.0. The van der Waals surface area contributed by atoms with Crippen molar-refractivity contribution in [3.63, 3.8) is 0 Å². The molecule has 1 aromatic rings. The summed E-state index contributed by atoms with van der Waals surface area (Å²) in [4.78, 5) is 0. The Labute approximate surface area is 137 Å². The first-order valence-corrected chi connectivity index (χ1v) is 9.11. The highest BCUT2D eigenvalue weighted by molar-refractivity contribution is 7.87. The molecule has 1 atom stereocenters. The molecule has 22 heavy (non-hydrogen) atoms. The molecule has 0 aromatic heterocycles. The van der Waals surface area contributed by atoms with Crippen LogP contribution in [0.3, 0.4) is 0 Å². The largest absolute Gasteiger partial charge is 0.370 e. The molecule has 1 aliphatic rings. The summed E-state index contributed by atoms with van der Waals surface area (Å²) >= 11 is 6.02. The number of hydrogen-bond donors (Lipinski definition) is 1. The Balaban J connectivity index is 2.28.